The first kappa shape index (κ1) is 28.4. The average Bonchev–Trinajstić information content (AvgIpc) is 3.15. The number of quaternary nitrogens is 1. The van der Waals surface area contributed by atoms with Crippen LogP contribution in [0.2, 0.25) is 15.1 Å². The van der Waals surface area contributed by atoms with E-state index < -0.39 is 0 Å². The molecule has 1 aliphatic rings. The van der Waals surface area contributed by atoms with E-state index in [1.807, 2.05) is 63.2 Å². The van der Waals surface area contributed by atoms with Gasteiger partial charge in [-0.15, -0.1) is 0 Å². The predicted octanol–water partition coefficient (Wildman–Crippen LogP) is 6.35. The van der Waals surface area contributed by atoms with Crippen molar-refractivity contribution in [1.29, 1.82) is 0 Å². The molecular formula is C26H36Cl3N4O+. The van der Waals surface area contributed by atoms with E-state index in [2.05, 4.69) is 12.3 Å². The highest BCUT2D eigenvalue weighted by Crippen LogP contribution is 2.42. The molecule has 2 aromatic rings. The first-order chi connectivity index (χ1) is 16.3. The Morgan fingerprint density at radius 3 is 2.29 bits per heavy atom. The summed E-state index contributed by atoms with van der Waals surface area (Å²) >= 11 is 18.7. The molecule has 8 heteroatoms. The van der Waals surface area contributed by atoms with Gasteiger partial charge in [-0.05, 0) is 48.7 Å². The van der Waals surface area contributed by atoms with Crippen molar-refractivity contribution in [3.8, 4) is 0 Å². The summed E-state index contributed by atoms with van der Waals surface area (Å²) in [7, 11) is 1.97. The van der Waals surface area contributed by atoms with Gasteiger partial charge in [-0.3, -0.25) is 9.80 Å². The quantitative estimate of drug-likeness (QED) is 0.295. The van der Waals surface area contributed by atoms with Crippen molar-refractivity contribution in [2.45, 2.75) is 59.4 Å². The minimum Gasteiger partial charge on any atom is -0.263 e. The number of carbonyl (C=O) groups is 1. The van der Waals surface area contributed by atoms with Crippen LogP contribution in [0.3, 0.4) is 0 Å². The molecule has 0 bridgehead atoms. The van der Waals surface area contributed by atoms with E-state index in [0.717, 1.165) is 23.5 Å². The van der Waals surface area contributed by atoms with Crippen molar-refractivity contribution in [3.63, 3.8) is 0 Å². The molecule has 0 radical (unpaired) electrons. The summed E-state index contributed by atoms with van der Waals surface area (Å²) < 4.78 is 0. The largest absolute Gasteiger partial charge is 0.312 e. The summed E-state index contributed by atoms with van der Waals surface area (Å²) in [6, 6.07) is 12.7. The Kier molecular flexibility index (Phi) is 11.7. The molecule has 2 unspecified atom stereocenters. The third-order valence-electron chi connectivity index (χ3n) is 5.72. The van der Waals surface area contributed by atoms with Crippen LogP contribution >= 0.6 is 34.8 Å². The number of hydrogen-bond donors (Lipinski definition) is 2. The van der Waals surface area contributed by atoms with Gasteiger partial charge in [0.2, 0.25) is 0 Å². The maximum Gasteiger partial charge on any atom is 0.312 e. The molecule has 2 aromatic carbocycles. The van der Waals surface area contributed by atoms with Crippen LogP contribution < -0.4 is 15.4 Å². The summed E-state index contributed by atoms with van der Waals surface area (Å²) in [6.45, 7) is 9.08. The standard InChI is InChI=1S/C24H29Cl3N4O.C2H6/c1-4-5-6-7-14-30(3)29-24(32)22-16(2)23(17-8-10-18(25)11-9-17)31(28-22)21-13-12-19(26)15-20(21)27;1-2/h8-13,15-16,23H,4-7,14H2,1-3H3,(H,29,32);1-2H3/p+1/t16-,23?;/m1./s1. The fourth-order valence-electron chi connectivity index (χ4n) is 3.98. The minimum atomic E-state index is -0.198. The van der Waals surface area contributed by atoms with E-state index in [1.54, 1.807) is 12.1 Å². The second-order valence-corrected chi connectivity index (χ2v) is 9.54. The minimum absolute atomic E-state index is 0.157. The zero-order valence-electron chi connectivity index (χ0n) is 20.7. The summed E-state index contributed by atoms with van der Waals surface area (Å²) in [6.07, 6.45) is 4.64. The zero-order chi connectivity index (χ0) is 25.3. The average molecular weight is 527 g/mol. The highest BCUT2D eigenvalue weighted by molar-refractivity contribution is 6.40. The molecular weight excluding hydrogens is 491 g/mol. The van der Waals surface area contributed by atoms with Crippen molar-refractivity contribution in [2.24, 2.45) is 11.0 Å². The number of carbonyl (C=O) groups excluding carboxylic acids is 1. The summed E-state index contributed by atoms with van der Waals surface area (Å²) in [4.78, 5) is 13.1. The number of halogens is 3. The molecule has 0 aromatic heterocycles. The van der Waals surface area contributed by atoms with Gasteiger partial charge in [-0.25, -0.2) is 5.01 Å². The van der Waals surface area contributed by atoms with E-state index in [0.29, 0.717) is 26.5 Å². The third-order valence-corrected chi connectivity index (χ3v) is 6.51. The monoisotopic (exact) mass is 525 g/mol. The molecule has 0 fully saturated rings. The van der Waals surface area contributed by atoms with Gasteiger partial charge in [0.15, 0.2) is 0 Å². The molecule has 1 amide bonds. The fraction of sp³-hybridized carbons (Fsp3) is 0.462. The maximum absolute atomic E-state index is 13.1. The van der Waals surface area contributed by atoms with Gasteiger partial charge in [0.05, 0.1) is 30.3 Å². The number of hydrazone groups is 1. The molecule has 34 heavy (non-hydrogen) atoms. The Morgan fingerprint density at radius 1 is 1.03 bits per heavy atom. The molecule has 2 N–H and O–H groups in total. The SMILES string of the molecule is CC.CCCCCC[NH+](C)NC(=O)C1=NN(c2ccc(Cl)cc2Cl)C(c2ccc(Cl)cc2)[C@@H]1C. The van der Waals surface area contributed by atoms with E-state index in [-0.39, 0.29) is 17.9 Å². The Balaban J connectivity index is 0.00000199. The lowest BCUT2D eigenvalue weighted by Gasteiger charge is -2.27. The Hall–Kier alpha value is -1.79. The van der Waals surface area contributed by atoms with Crippen molar-refractivity contribution in [2.75, 3.05) is 18.6 Å². The second-order valence-electron chi connectivity index (χ2n) is 8.26. The van der Waals surface area contributed by atoms with Gasteiger partial charge in [0, 0.05) is 16.0 Å². The van der Waals surface area contributed by atoms with E-state index >= 15 is 0 Å². The number of nitrogens with one attached hydrogen (secondary N) is 2. The molecule has 0 spiro atoms. The van der Waals surface area contributed by atoms with Crippen molar-refractivity contribution in [3.05, 3.63) is 63.1 Å². The van der Waals surface area contributed by atoms with Crippen LogP contribution in [0.1, 0.15) is 65.0 Å². The summed E-state index contributed by atoms with van der Waals surface area (Å²) in [5.41, 5.74) is 5.23. The third kappa shape index (κ3) is 7.35. The highest BCUT2D eigenvalue weighted by atomic mass is 35.5. The number of rotatable bonds is 9. The molecule has 0 saturated heterocycles. The van der Waals surface area contributed by atoms with Gasteiger partial charge >= 0.3 is 5.91 Å². The fourth-order valence-corrected chi connectivity index (χ4v) is 4.60. The van der Waals surface area contributed by atoms with E-state index in [9.17, 15) is 4.79 Å². The summed E-state index contributed by atoms with van der Waals surface area (Å²) in [5, 5.41) is 9.20. The highest BCUT2D eigenvalue weighted by Gasteiger charge is 2.40. The number of benzene rings is 2. The Bertz CT molecular complexity index is 965. The van der Waals surface area contributed by atoms with Crippen LogP contribution in [-0.4, -0.2) is 25.2 Å². The van der Waals surface area contributed by atoms with Gasteiger partial charge in [-0.1, -0.05) is 87.5 Å². The first-order valence-corrected chi connectivity index (χ1v) is 13.2. The lowest BCUT2D eigenvalue weighted by molar-refractivity contribution is -0.916. The van der Waals surface area contributed by atoms with Crippen LogP contribution in [0.4, 0.5) is 5.69 Å². The Morgan fingerprint density at radius 2 is 1.68 bits per heavy atom. The lowest BCUT2D eigenvalue weighted by Crippen LogP contribution is -3.16. The maximum atomic E-state index is 13.1. The van der Waals surface area contributed by atoms with Crippen LogP contribution in [0, 0.1) is 5.92 Å². The van der Waals surface area contributed by atoms with Gasteiger partial charge in [0.25, 0.3) is 0 Å². The lowest BCUT2D eigenvalue weighted by atomic mass is 9.91. The van der Waals surface area contributed by atoms with E-state index in [4.69, 9.17) is 39.9 Å². The number of hydrogen-bond acceptors (Lipinski definition) is 3. The van der Waals surface area contributed by atoms with Crippen molar-refractivity contribution in [1.82, 2.24) is 5.43 Å². The molecule has 0 saturated carbocycles. The topological polar surface area (TPSA) is 49.1 Å². The number of amides is 1. The normalized spacial score (nSPS) is 18.1. The van der Waals surface area contributed by atoms with Crippen LogP contribution in [0.15, 0.2) is 47.6 Å². The van der Waals surface area contributed by atoms with Crippen LogP contribution in [0.5, 0.6) is 0 Å². The molecule has 186 valence electrons. The smallest absolute Gasteiger partial charge is 0.263 e. The van der Waals surface area contributed by atoms with Crippen LogP contribution in [-0.2, 0) is 4.79 Å². The number of unbranched alkanes of at least 4 members (excludes halogenated alkanes) is 3. The predicted molar refractivity (Wildman–Crippen MR) is 145 cm³/mol. The molecule has 1 aliphatic heterocycles. The first-order valence-electron chi connectivity index (χ1n) is 12.0. The van der Waals surface area contributed by atoms with Crippen LogP contribution in [0.25, 0.3) is 0 Å². The van der Waals surface area contributed by atoms with Gasteiger partial charge < -0.3 is 0 Å². The molecule has 0 aliphatic carbocycles. The van der Waals surface area contributed by atoms with Crippen molar-refractivity contribution < 1.29 is 9.80 Å². The molecule has 3 rings (SSSR count). The second kappa shape index (κ2) is 13.9. The van der Waals surface area contributed by atoms with Gasteiger partial charge in [-0.2, -0.15) is 10.5 Å². The van der Waals surface area contributed by atoms with Gasteiger partial charge in [0.1, 0.15) is 5.71 Å². The number of nitrogens with zero attached hydrogens (tertiary/aromatic N) is 2. The molecule has 5 nitrogen and oxygen atoms in total. The molecule has 3 atom stereocenters. The van der Waals surface area contributed by atoms with E-state index in [1.165, 1.54) is 19.3 Å². The number of anilines is 1. The summed E-state index contributed by atoms with van der Waals surface area (Å²) in [5.74, 6) is -0.326. The van der Waals surface area contributed by atoms with Crippen molar-refractivity contribution >= 4 is 52.1 Å². The zero-order valence-corrected chi connectivity index (χ0v) is 22.9. The molecule has 1 heterocycles. The Labute approximate surface area is 219 Å².